The minimum Gasteiger partial charge on any atom is -0.364 e. The van der Waals surface area contributed by atoms with Gasteiger partial charge in [-0.2, -0.15) is 18.3 Å². The zero-order valence-corrected chi connectivity index (χ0v) is 17.1. The monoisotopic (exact) mass is 424 g/mol. The van der Waals surface area contributed by atoms with Gasteiger partial charge in [0.25, 0.3) is 5.91 Å². The maximum Gasteiger partial charge on any atom is 0.435 e. The maximum atomic E-state index is 13.8. The van der Waals surface area contributed by atoms with Gasteiger partial charge in [0.15, 0.2) is 5.69 Å². The van der Waals surface area contributed by atoms with Gasteiger partial charge in [-0.25, -0.2) is 4.39 Å². The number of aromatic nitrogens is 2. The lowest BCUT2D eigenvalue weighted by Crippen LogP contribution is -2.49. The zero-order chi connectivity index (χ0) is 21.9. The predicted molar refractivity (Wildman–Crippen MR) is 104 cm³/mol. The van der Waals surface area contributed by atoms with E-state index in [1.807, 2.05) is 19.9 Å². The number of hydrogen-bond donors (Lipinski definition) is 0. The van der Waals surface area contributed by atoms with E-state index in [1.54, 1.807) is 11.0 Å². The predicted octanol–water partition coefficient (Wildman–Crippen LogP) is 4.24. The van der Waals surface area contributed by atoms with Crippen LogP contribution < -0.4 is 4.90 Å². The van der Waals surface area contributed by atoms with E-state index in [2.05, 4.69) is 10.00 Å². The summed E-state index contributed by atoms with van der Waals surface area (Å²) < 4.78 is 55.1. The quantitative estimate of drug-likeness (QED) is 0.678. The molecule has 5 nitrogen and oxygen atoms in total. The summed E-state index contributed by atoms with van der Waals surface area (Å²) in [5, 5.41) is 3.48. The van der Waals surface area contributed by atoms with Gasteiger partial charge < -0.3 is 9.80 Å². The smallest absolute Gasteiger partial charge is 0.364 e. The largest absolute Gasteiger partial charge is 0.435 e. The van der Waals surface area contributed by atoms with Crippen molar-refractivity contribution in [1.29, 1.82) is 0 Å². The molecule has 0 N–H and O–H groups in total. The molecule has 1 aromatic heterocycles. The number of alkyl halides is 3. The highest BCUT2D eigenvalue weighted by atomic mass is 19.4. The van der Waals surface area contributed by atoms with Crippen LogP contribution in [0, 0.1) is 5.82 Å². The second-order valence-corrected chi connectivity index (χ2v) is 8.90. The number of nitrogens with zero attached hydrogens (tertiary/aromatic N) is 4. The molecular weight excluding hydrogens is 400 g/mol. The van der Waals surface area contributed by atoms with E-state index in [0.717, 1.165) is 10.9 Å². The number of aryl methyl sites for hydroxylation is 1. The summed E-state index contributed by atoms with van der Waals surface area (Å²) in [6, 6.07) is 6.27. The average molecular weight is 424 g/mol. The molecule has 0 bridgehead atoms. The molecule has 0 radical (unpaired) electrons. The second-order valence-electron chi connectivity index (χ2n) is 8.90. The van der Waals surface area contributed by atoms with Crippen LogP contribution in [0.5, 0.6) is 0 Å². The Hall–Kier alpha value is -2.58. The first kappa shape index (κ1) is 20.7. The number of anilines is 1. The summed E-state index contributed by atoms with van der Waals surface area (Å²) >= 11 is 0. The van der Waals surface area contributed by atoms with Crippen molar-refractivity contribution in [2.75, 3.05) is 18.0 Å². The molecule has 1 unspecified atom stereocenters. The molecule has 2 saturated heterocycles. The number of carbonyl (C=O) groups is 1. The molecule has 162 valence electrons. The van der Waals surface area contributed by atoms with Gasteiger partial charge >= 0.3 is 6.18 Å². The molecule has 9 heteroatoms. The van der Waals surface area contributed by atoms with Crippen molar-refractivity contribution >= 4 is 11.6 Å². The standard InChI is InChI=1S/C21H24F4N4O/c1-19(2)12-20(13-29(19)15-7-4-6-14(22)10-15)8-5-9-28(20)18(30)16-11-27(3)26-17(16)21(23,24)25/h4,6-7,10-11H,5,8-9,12-13H2,1-3H3. The van der Waals surface area contributed by atoms with Crippen molar-refractivity contribution in [2.24, 2.45) is 7.05 Å². The van der Waals surface area contributed by atoms with Crippen LogP contribution in [0.4, 0.5) is 23.2 Å². The molecule has 2 aliphatic rings. The summed E-state index contributed by atoms with van der Waals surface area (Å²) in [5.74, 6) is -1.00. The number of halogens is 4. The van der Waals surface area contributed by atoms with E-state index in [9.17, 15) is 22.4 Å². The summed E-state index contributed by atoms with van der Waals surface area (Å²) in [6.45, 7) is 4.85. The molecule has 2 fully saturated rings. The summed E-state index contributed by atoms with van der Waals surface area (Å²) in [7, 11) is 1.37. The second kappa shape index (κ2) is 6.72. The van der Waals surface area contributed by atoms with Gasteiger partial charge in [0, 0.05) is 37.6 Å². The van der Waals surface area contributed by atoms with Crippen molar-refractivity contribution in [3.63, 3.8) is 0 Å². The lowest BCUT2D eigenvalue weighted by molar-refractivity contribution is -0.141. The molecule has 4 rings (SSSR count). The van der Waals surface area contributed by atoms with Crippen LogP contribution in [0.25, 0.3) is 0 Å². The van der Waals surface area contributed by atoms with E-state index < -0.39 is 34.4 Å². The van der Waals surface area contributed by atoms with Crippen molar-refractivity contribution in [2.45, 2.75) is 50.4 Å². The average Bonchev–Trinajstić information content (AvgIpc) is 3.29. The Labute approximate surface area is 172 Å². The molecule has 30 heavy (non-hydrogen) atoms. The van der Waals surface area contributed by atoms with E-state index in [1.165, 1.54) is 19.2 Å². The van der Waals surface area contributed by atoms with Crippen LogP contribution in [0.2, 0.25) is 0 Å². The molecule has 1 spiro atoms. The first-order chi connectivity index (χ1) is 13.9. The number of likely N-dealkylation sites (tertiary alicyclic amines) is 1. The summed E-state index contributed by atoms with van der Waals surface area (Å²) in [5.41, 5.74) is -1.87. The van der Waals surface area contributed by atoms with Crippen LogP contribution >= 0.6 is 0 Å². The van der Waals surface area contributed by atoms with Gasteiger partial charge in [0.05, 0.1) is 11.1 Å². The zero-order valence-electron chi connectivity index (χ0n) is 17.1. The molecular formula is C21H24F4N4O. The minimum absolute atomic E-state index is 0.353. The van der Waals surface area contributed by atoms with Crippen LogP contribution in [0.1, 0.15) is 49.2 Å². The van der Waals surface area contributed by atoms with Gasteiger partial charge in [0.2, 0.25) is 0 Å². The highest BCUT2D eigenvalue weighted by molar-refractivity contribution is 5.96. The van der Waals surface area contributed by atoms with Gasteiger partial charge in [-0.3, -0.25) is 9.48 Å². The lowest BCUT2D eigenvalue weighted by Gasteiger charge is -2.35. The molecule has 0 saturated carbocycles. The third kappa shape index (κ3) is 3.33. The Morgan fingerprint density at radius 1 is 1.23 bits per heavy atom. The van der Waals surface area contributed by atoms with Crippen molar-refractivity contribution < 1.29 is 22.4 Å². The Kier molecular flexibility index (Phi) is 4.63. The highest BCUT2D eigenvalue weighted by Crippen LogP contribution is 2.48. The molecule has 1 amide bonds. The van der Waals surface area contributed by atoms with E-state index in [0.29, 0.717) is 38.0 Å². The fourth-order valence-electron chi connectivity index (χ4n) is 5.15. The fourth-order valence-corrected chi connectivity index (χ4v) is 5.15. The molecule has 2 aromatic rings. The van der Waals surface area contributed by atoms with Gasteiger partial charge in [-0.05, 0) is 51.3 Å². The minimum atomic E-state index is -4.71. The van der Waals surface area contributed by atoms with Crippen molar-refractivity contribution in [3.05, 3.63) is 47.5 Å². The Morgan fingerprint density at radius 2 is 1.97 bits per heavy atom. The van der Waals surface area contributed by atoms with E-state index >= 15 is 0 Å². The highest BCUT2D eigenvalue weighted by Gasteiger charge is 2.55. The van der Waals surface area contributed by atoms with Gasteiger partial charge in [-0.1, -0.05) is 6.07 Å². The summed E-state index contributed by atoms with van der Waals surface area (Å²) in [6.07, 6.45) is -1.58. The number of amides is 1. The first-order valence-electron chi connectivity index (χ1n) is 9.89. The van der Waals surface area contributed by atoms with Crippen LogP contribution in [-0.2, 0) is 13.2 Å². The van der Waals surface area contributed by atoms with Crippen molar-refractivity contribution in [3.8, 4) is 0 Å². The number of hydrogen-bond acceptors (Lipinski definition) is 3. The van der Waals surface area contributed by atoms with E-state index in [-0.39, 0.29) is 5.82 Å². The number of rotatable bonds is 2. The summed E-state index contributed by atoms with van der Waals surface area (Å²) in [4.78, 5) is 16.9. The molecule has 2 aliphatic heterocycles. The van der Waals surface area contributed by atoms with Crippen LogP contribution in [-0.4, -0.2) is 44.8 Å². The SMILES string of the molecule is Cn1cc(C(=O)N2CCCC23CN(c2cccc(F)c2)C(C)(C)C3)c(C(F)(F)F)n1. The molecule has 1 aromatic carbocycles. The molecule has 0 aliphatic carbocycles. The normalized spacial score (nSPS) is 23.6. The lowest BCUT2D eigenvalue weighted by atomic mass is 9.87. The van der Waals surface area contributed by atoms with Crippen LogP contribution in [0.3, 0.4) is 0 Å². The molecule has 1 atom stereocenters. The molecule has 3 heterocycles. The number of benzene rings is 1. The third-order valence-corrected chi connectivity index (χ3v) is 6.23. The topological polar surface area (TPSA) is 41.4 Å². The van der Waals surface area contributed by atoms with E-state index in [4.69, 9.17) is 0 Å². The first-order valence-corrected chi connectivity index (χ1v) is 9.89. The Balaban J connectivity index is 1.70. The van der Waals surface area contributed by atoms with Crippen LogP contribution in [0.15, 0.2) is 30.5 Å². The Morgan fingerprint density at radius 3 is 2.63 bits per heavy atom. The van der Waals surface area contributed by atoms with Gasteiger partial charge in [-0.15, -0.1) is 0 Å². The maximum absolute atomic E-state index is 13.8. The Bertz CT molecular complexity index is 984. The number of carbonyl (C=O) groups excluding carboxylic acids is 1. The van der Waals surface area contributed by atoms with Gasteiger partial charge in [0.1, 0.15) is 5.82 Å². The fraction of sp³-hybridized carbons (Fsp3) is 0.524. The van der Waals surface area contributed by atoms with Crippen molar-refractivity contribution in [1.82, 2.24) is 14.7 Å². The third-order valence-electron chi connectivity index (χ3n) is 6.23.